The van der Waals surface area contributed by atoms with Crippen molar-refractivity contribution < 1.29 is 4.79 Å². The largest absolute Gasteiger partial charge is 0.350 e. The molecule has 1 heterocycles. The highest BCUT2D eigenvalue weighted by molar-refractivity contribution is 9.10. The van der Waals surface area contributed by atoms with E-state index in [2.05, 4.69) is 26.2 Å². The minimum absolute atomic E-state index is 0.0594. The number of carbonyl (C=O) groups excluding carboxylic acids is 1. The van der Waals surface area contributed by atoms with Gasteiger partial charge in [0.15, 0.2) is 0 Å². The normalized spacial score (nSPS) is 10.3. The number of amides is 1. The van der Waals surface area contributed by atoms with E-state index in [0.717, 1.165) is 16.6 Å². The van der Waals surface area contributed by atoms with Gasteiger partial charge in [-0.2, -0.15) is 0 Å². The van der Waals surface area contributed by atoms with Crippen LogP contribution in [0.3, 0.4) is 0 Å². The maximum atomic E-state index is 11.9. The summed E-state index contributed by atoms with van der Waals surface area (Å²) in [7, 11) is 0. The van der Waals surface area contributed by atoms with E-state index in [-0.39, 0.29) is 5.91 Å². The van der Waals surface area contributed by atoms with Gasteiger partial charge >= 0.3 is 0 Å². The maximum Gasteiger partial charge on any atom is 0.251 e. The molecule has 0 saturated carbocycles. The van der Waals surface area contributed by atoms with Crippen LogP contribution in [0.1, 0.15) is 15.9 Å². The van der Waals surface area contributed by atoms with E-state index in [0.29, 0.717) is 12.1 Å². The number of benzene rings is 1. The number of imidazole rings is 1. The van der Waals surface area contributed by atoms with Crippen LogP contribution in [0, 0.1) is 6.92 Å². The summed E-state index contributed by atoms with van der Waals surface area (Å²) < 4.78 is 2.87. The van der Waals surface area contributed by atoms with Crippen molar-refractivity contribution in [2.45, 2.75) is 13.5 Å². The first-order valence-corrected chi connectivity index (χ1v) is 6.46. The highest BCUT2D eigenvalue weighted by atomic mass is 79.9. The Labute approximate surface area is 114 Å². The van der Waals surface area contributed by atoms with Crippen molar-refractivity contribution in [2.75, 3.05) is 6.54 Å². The number of halogens is 1. The molecule has 0 fully saturated rings. The average molecular weight is 308 g/mol. The van der Waals surface area contributed by atoms with Gasteiger partial charge in [0.05, 0.1) is 6.33 Å². The Bertz CT molecular complexity index is 537. The van der Waals surface area contributed by atoms with Crippen LogP contribution in [0.25, 0.3) is 0 Å². The molecule has 0 aliphatic carbocycles. The molecule has 2 rings (SSSR count). The van der Waals surface area contributed by atoms with Crippen molar-refractivity contribution in [3.63, 3.8) is 0 Å². The van der Waals surface area contributed by atoms with E-state index in [1.807, 2.05) is 35.9 Å². The molecule has 94 valence electrons. The maximum absolute atomic E-state index is 11.9. The standard InChI is InChI=1S/C13H14BrN3O/c1-10-2-3-11(8-12(10)14)13(18)16-5-7-17-6-4-15-9-17/h2-4,6,8-9H,5,7H2,1H3,(H,16,18). The predicted molar refractivity (Wildman–Crippen MR) is 73.4 cm³/mol. The lowest BCUT2D eigenvalue weighted by atomic mass is 10.1. The summed E-state index contributed by atoms with van der Waals surface area (Å²) in [6, 6.07) is 5.59. The molecule has 1 amide bonds. The molecule has 0 unspecified atom stereocenters. The summed E-state index contributed by atoms with van der Waals surface area (Å²) in [5, 5.41) is 2.88. The zero-order chi connectivity index (χ0) is 13.0. The van der Waals surface area contributed by atoms with E-state index in [4.69, 9.17) is 0 Å². The van der Waals surface area contributed by atoms with Gasteiger partial charge in [-0.15, -0.1) is 0 Å². The summed E-state index contributed by atoms with van der Waals surface area (Å²) in [4.78, 5) is 15.8. The van der Waals surface area contributed by atoms with Crippen molar-refractivity contribution >= 4 is 21.8 Å². The van der Waals surface area contributed by atoms with Crippen LogP contribution in [0.2, 0.25) is 0 Å². The molecule has 0 atom stereocenters. The third-order valence-corrected chi connectivity index (χ3v) is 3.50. The number of nitrogens with zero attached hydrogens (tertiary/aromatic N) is 2. The number of rotatable bonds is 4. The summed E-state index contributed by atoms with van der Waals surface area (Å²) in [5.41, 5.74) is 1.78. The fraction of sp³-hybridized carbons (Fsp3) is 0.231. The minimum atomic E-state index is -0.0594. The van der Waals surface area contributed by atoms with E-state index in [1.54, 1.807) is 12.5 Å². The lowest BCUT2D eigenvalue weighted by Crippen LogP contribution is -2.26. The molecule has 5 heteroatoms. The first-order valence-electron chi connectivity index (χ1n) is 5.67. The fourth-order valence-electron chi connectivity index (χ4n) is 1.55. The lowest BCUT2D eigenvalue weighted by molar-refractivity contribution is 0.0952. The Morgan fingerprint density at radius 2 is 2.33 bits per heavy atom. The molecule has 0 radical (unpaired) electrons. The number of hydrogen-bond acceptors (Lipinski definition) is 2. The van der Waals surface area contributed by atoms with Gasteiger partial charge in [0.25, 0.3) is 5.91 Å². The highest BCUT2D eigenvalue weighted by Gasteiger charge is 2.06. The Morgan fingerprint density at radius 1 is 1.50 bits per heavy atom. The van der Waals surface area contributed by atoms with Crippen molar-refractivity contribution in [2.24, 2.45) is 0 Å². The predicted octanol–water partition coefficient (Wildman–Crippen LogP) is 2.38. The van der Waals surface area contributed by atoms with Crippen LogP contribution >= 0.6 is 15.9 Å². The number of hydrogen-bond donors (Lipinski definition) is 1. The summed E-state index contributed by atoms with van der Waals surface area (Å²) >= 11 is 3.42. The summed E-state index contributed by atoms with van der Waals surface area (Å²) in [6.45, 7) is 3.30. The van der Waals surface area contributed by atoms with E-state index < -0.39 is 0 Å². The molecule has 0 bridgehead atoms. The third-order valence-electron chi connectivity index (χ3n) is 2.65. The number of carbonyl (C=O) groups is 1. The number of nitrogens with one attached hydrogen (secondary N) is 1. The Kier molecular flexibility index (Phi) is 4.15. The van der Waals surface area contributed by atoms with Gasteiger partial charge in [-0.3, -0.25) is 4.79 Å². The number of aryl methyl sites for hydroxylation is 1. The van der Waals surface area contributed by atoms with Crippen molar-refractivity contribution in [3.8, 4) is 0 Å². The van der Waals surface area contributed by atoms with Crippen LogP contribution in [0.5, 0.6) is 0 Å². The molecule has 2 aromatic rings. The quantitative estimate of drug-likeness (QED) is 0.942. The van der Waals surface area contributed by atoms with Gasteiger partial charge in [-0.1, -0.05) is 22.0 Å². The molecule has 1 aromatic heterocycles. The molecule has 0 aliphatic rings. The molecular weight excluding hydrogens is 294 g/mol. The first kappa shape index (κ1) is 12.8. The lowest BCUT2D eigenvalue weighted by Gasteiger charge is -2.07. The zero-order valence-electron chi connectivity index (χ0n) is 10.1. The third kappa shape index (κ3) is 3.20. The van der Waals surface area contributed by atoms with Crippen LogP contribution in [-0.4, -0.2) is 22.0 Å². The Morgan fingerprint density at radius 3 is 3.00 bits per heavy atom. The van der Waals surface area contributed by atoms with Gasteiger partial charge in [0.1, 0.15) is 0 Å². The fourth-order valence-corrected chi connectivity index (χ4v) is 1.93. The van der Waals surface area contributed by atoms with E-state index in [9.17, 15) is 4.79 Å². The monoisotopic (exact) mass is 307 g/mol. The molecular formula is C13H14BrN3O. The van der Waals surface area contributed by atoms with Crippen LogP contribution in [-0.2, 0) is 6.54 Å². The highest BCUT2D eigenvalue weighted by Crippen LogP contribution is 2.17. The molecule has 18 heavy (non-hydrogen) atoms. The van der Waals surface area contributed by atoms with Gasteiger partial charge in [-0.05, 0) is 24.6 Å². The summed E-state index contributed by atoms with van der Waals surface area (Å²) in [6.07, 6.45) is 5.32. The second-order valence-corrected chi connectivity index (χ2v) is 4.87. The minimum Gasteiger partial charge on any atom is -0.350 e. The molecule has 0 saturated heterocycles. The zero-order valence-corrected chi connectivity index (χ0v) is 11.6. The molecule has 0 aliphatic heterocycles. The van der Waals surface area contributed by atoms with Gasteiger partial charge in [-0.25, -0.2) is 4.98 Å². The smallest absolute Gasteiger partial charge is 0.251 e. The van der Waals surface area contributed by atoms with Crippen molar-refractivity contribution in [1.82, 2.24) is 14.9 Å². The molecule has 4 nitrogen and oxygen atoms in total. The van der Waals surface area contributed by atoms with Gasteiger partial charge in [0, 0.05) is 35.5 Å². The van der Waals surface area contributed by atoms with Crippen molar-refractivity contribution in [1.29, 1.82) is 0 Å². The van der Waals surface area contributed by atoms with Crippen LogP contribution in [0.15, 0.2) is 41.4 Å². The molecule has 1 aromatic carbocycles. The topological polar surface area (TPSA) is 46.9 Å². The Balaban J connectivity index is 1.89. The van der Waals surface area contributed by atoms with Gasteiger partial charge < -0.3 is 9.88 Å². The van der Waals surface area contributed by atoms with Crippen LogP contribution < -0.4 is 5.32 Å². The number of aromatic nitrogens is 2. The second-order valence-electron chi connectivity index (χ2n) is 4.02. The first-order chi connectivity index (χ1) is 8.66. The van der Waals surface area contributed by atoms with Crippen LogP contribution in [0.4, 0.5) is 0 Å². The van der Waals surface area contributed by atoms with Gasteiger partial charge in [0.2, 0.25) is 0 Å². The Hall–Kier alpha value is -1.62. The SMILES string of the molecule is Cc1ccc(C(=O)NCCn2ccnc2)cc1Br. The van der Waals surface area contributed by atoms with Crippen molar-refractivity contribution in [3.05, 3.63) is 52.5 Å². The van der Waals surface area contributed by atoms with E-state index in [1.165, 1.54) is 0 Å². The average Bonchev–Trinajstić information content (AvgIpc) is 2.85. The molecule has 1 N–H and O–H groups in total. The second kappa shape index (κ2) is 5.82. The molecule has 0 spiro atoms. The summed E-state index contributed by atoms with van der Waals surface area (Å²) in [5.74, 6) is -0.0594. The van der Waals surface area contributed by atoms with E-state index >= 15 is 0 Å².